The van der Waals surface area contributed by atoms with Crippen molar-refractivity contribution in [3.05, 3.63) is 35.4 Å². The van der Waals surface area contributed by atoms with Gasteiger partial charge < -0.3 is 9.47 Å². The minimum Gasteiger partial charge on any atom is -0.496 e. The van der Waals surface area contributed by atoms with Crippen LogP contribution in [0.1, 0.15) is 11.1 Å². The van der Waals surface area contributed by atoms with Crippen molar-refractivity contribution in [2.75, 3.05) is 14.2 Å². The number of hydrogen-bond acceptors (Lipinski definition) is 2. The van der Waals surface area contributed by atoms with Crippen molar-refractivity contribution in [1.29, 1.82) is 0 Å². The van der Waals surface area contributed by atoms with Crippen molar-refractivity contribution in [1.82, 2.24) is 0 Å². The molecule has 0 bridgehead atoms. The molecule has 0 aliphatic carbocycles. The van der Waals surface area contributed by atoms with Gasteiger partial charge in [0.15, 0.2) is 0 Å². The molecule has 2 nitrogen and oxygen atoms in total. The summed E-state index contributed by atoms with van der Waals surface area (Å²) in [5.74, 6) is 0.0361. The molecular weight excluding hydrogens is 337 g/mol. The summed E-state index contributed by atoms with van der Waals surface area (Å²) in [7, 11) is 2.60. The molecule has 2 aromatic rings. The standard InChI is InChI=1S/C14H12BrF3O2/c1-19-12-8-5-3-4-6-9(8)13(20-2)11(10(12)7-15)14(16,17)18/h3-6H,7H2,1-2H3. The lowest BCUT2D eigenvalue weighted by molar-refractivity contribution is -0.139. The van der Waals surface area contributed by atoms with Crippen LogP contribution in [0.25, 0.3) is 10.8 Å². The smallest absolute Gasteiger partial charge is 0.420 e. The van der Waals surface area contributed by atoms with Crippen LogP contribution in [0, 0.1) is 0 Å². The maximum absolute atomic E-state index is 13.4. The van der Waals surface area contributed by atoms with Gasteiger partial charge in [-0.2, -0.15) is 13.2 Å². The quantitative estimate of drug-likeness (QED) is 0.743. The van der Waals surface area contributed by atoms with Gasteiger partial charge in [0.05, 0.1) is 14.2 Å². The van der Waals surface area contributed by atoms with Crippen molar-refractivity contribution < 1.29 is 22.6 Å². The van der Waals surface area contributed by atoms with Gasteiger partial charge in [-0.15, -0.1) is 0 Å². The van der Waals surface area contributed by atoms with Gasteiger partial charge >= 0.3 is 6.18 Å². The Labute approximate surface area is 122 Å². The van der Waals surface area contributed by atoms with Gasteiger partial charge in [-0.3, -0.25) is 0 Å². The Morgan fingerprint density at radius 3 is 1.90 bits per heavy atom. The number of halogens is 4. The first kappa shape index (κ1) is 15.0. The van der Waals surface area contributed by atoms with E-state index in [0.717, 1.165) is 0 Å². The molecule has 0 unspecified atom stereocenters. The molecule has 0 aromatic heterocycles. The van der Waals surface area contributed by atoms with Gasteiger partial charge in [0, 0.05) is 21.7 Å². The lowest BCUT2D eigenvalue weighted by Gasteiger charge is -2.21. The summed E-state index contributed by atoms with van der Waals surface area (Å²) in [5.41, 5.74) is -0.761. The van der Waals surface area contributed by atoms with Crippen LogP contribution in [-0.4, -0.2) is 14.2 Å². The Kier molecular flexibility index (Phi) is 4.13. The molecule has 0 atom stereocenters. The fourth-order valence-electron chi connectivity index (χ4n) is 2.30. The molecule has 108 valence electrons. The maximum atomic E-state index is 13.4. The molecule has 0 N–H and O–H groups in total. The molecule has 0 radical (unpaired) electrons. The van der Waals surface area contributed by atoms with Crippen molar-refractivity contribution in [2.24, 2.45) is 0 Å². The second-order valence-electron chi connectivity index (χ2n) is 4.10. The summed E-state index contributed by atoms with van der Waals surface area (Å²) in [6, 6.07) is 6.71. The number of hydrogen-bond donors (Lipinski definition) is 0. The van der Waals surface area contributed by atoms with Crippen LogP contribution in [0.15, 0.2) is 24.3 Å². The van der Waals surface area contributed by atoms with Crippen LogP contribution in [0.5, 0.6) is 11.5 Å². The minimum absolute atomic E-state index is 0.0201. The summed E-state index contributed by atoms with van der Waals surface area (Å²) in [5, 5.41) is 0.991. The Morgan fingerprint density at radius 2 is 1.50 bits per heavy atom. The van der Waals surface area contributed by atoms with Gasteiger partial charge in [-0.25, -0.2) is 0 Å². The average molecular weight is 349 g/mol. The van der Waals surface area contributed by atoms with Gasteiger partial charge in [0.2, 0.25) is 0 Å². The maximum Gasteiger partial charge on any atom is 0.420 e. The molecule has 0 amide bonds. The van der Waals surface area contributed by atoms with Gasteiger partial charge in [0.1, 0.15) is 17.1 Å². The monoisotopic (exact) mass is 348 g/mol. The Morgan fingerprint density at radius 1 is 1.00 bits per heavy atom. The zero-order chi connectivity index (χ0) is 14.9. The predicted molar refractivity (Wildman–Crippen MR) is 74.7 cm³/mol. The normalized spacial score (nSPS) is 11.7. The fourth-order valence-corrected chi connectivity index (χ4v) is 2.83. The second-order valence-corrected chi connectivity index (χ2v) is 4.66. The molecule has 0 fully saturated rings. The van der Waals surface area contributed by atoms with Crippen LogP contribution in [0.2, 0.25) is 0 Å². The van der Waals surface area contributed by atoms with Gasteiger partial charge in [0.25, 0.3) is 0 Å². The Hall–Kier alpha value is -1.43. The molecule has 0 saturated heterocycles. The van der Waals surface area contributed by atoms with E-state index < -0.39 is 11.7 Å². The molecule has 2 aromatic carbocycles. The third-order valence-electron chi connectivity index (χ3n) is 3.04. The van der Waals surface area contributed by atoms with E-state index in [9.17, 15) is 13.2 Å². The minimum atomic E-state index is -4.52. The van der Waals surface area contributed by atoms with E-state index in [1.54, 1.807) is 24.3 Å². The highest BCUT2D eigenvalue weighted by molar-refractivity contribution is 9.08. The number of alkyl halides is 4. The average Bonchev–Trinajstić information content (AvgIpc) is 2.43. The highest BCUT2D eigenvalue weighted by atomic mass is 79.9. The largest absolute Gasteiger partial charge is 0.496 e. The predicted octanol–water partition coefficient (Wildman–Crippen LogP) is 4.77. The summed E-state index contributed by atoms with van der Waals surface area (Å²) < 4.78 is 50.3. The van der Waals surface area contributed by atoms with Gasteiger partial charge in [-0.1, -0.05) is 40.2 Å². The van der Waals surface area contributed by atoms with Crippen LogP contribution < -0.4 is 9.47 Å². The highest BCUT2D eigenvalue weighted by Crippen LogP contribution is 2.48. The zero-order valence-electron chi connectivity index (χ0n) is 10.8. The molecule has 0 aliphatic heterocycles. The van der Waals surface area contributed by atoms with E-state index in [1.807, 2.05) is 0 Å². The Balaban J connectivity index is 3.02. The SMILES string of the molecule is COc1c(CBr)c(C(F)(F)F)c(OC)c2ccccc12. The van der Waals surface area contributed by atoms with E-state index in [1.165, 1.54) is 14.2 Å². The van der Waals surface area contributed by atoms with Gasteiger partial charge in [-0.05, 0) is 0 Å². The topological polar surface area (TPSA) is 18.5 Å². The molecule has 0 saturated carbocycles. The van der Waals surface area contributed by atoms with Crippen LogP contribution in [0.3, 0.4) is 0 Å². The molecule has 0 spiro atoms. The van der Waals surface area contributed by atoms with E-state index in [-0.39, 0.29) is 22.4 Å². The molecule has 0 aliphatic rings. The van der Waals surface area contributed by atoms with E-state index >= 15 is 0 Å². The molecule has 0 heterocycles. The van der Waals surface area contributed by atoms with E-state index in [2.05, 4.69) is 15.9 Å². The summed E-state index contributed by atoms with van der Waals surface area (Å²) in [4.78, 5) is 0. The van der Waals surface area contributed by atoms with Crippen molar-refractivity contribution in [3.63, 3.8) is 0 Å². The molecule has 2 rings (SSSR count). The fraction of sp³-hybridized carbons (Fsp3) is 0.286. The third-order valence-corrected chi connectivity index (χ3v) is 3.61. The van der Waals surface area contributed by atoms with E-state index in [4.69, 9.17) is 9.47 Å². The summed E-state index contributed by atoms with van der Waals surface area (Å²) >= 11 is 3.11. The molecular formula is C14H12BrF3O2. The first-order chi connectivity index (χ1) is 9.45. The molecule has 6 heteroatoms. The summed E-state index contributed by atoms with van der Waals surface area (Å²) in [6.07, 6.45) is -4.52. The number of ether oxygens (including phenoxy) is 2. The number of methoxy groups -OCH3 is 2. The third kappa shape index (κ3) is 2.32. The first-order valence-corrected chi connectivity index (χ1v) is 6.86. The van der Waals surface area contributed by atoms with Crippen LogP contribution >= 0.6 is 15.9 Å². The van der Waals surface area contributed by atoms with Crippen molar-refractivity contribution in [3.8, 4) is 11.5 Å². The second kappa shape index (κ2) is 5.52. The van der Waals surface area contributed by atoms with Crippen molar-refractivity contribution >= 4 is 26.7 Å². The first-order valence-electron chi connectivity index (χ1n) is 5.74. The van der Waals surface area contributed by atoms with Crippen LogP contribution in [0.4, 0.5) is 13.2 Å². The number of fused-ring (bicyclic) bond motifs is 1. The Bertz CT molecular complexity index is 638. The number of benzene rings is 2. The zero-order valence-corrected chi connectivity index (χ0v) is 12.4. The summed E-state index contributed by atoms with van der Waals surface area (Å²) in [6.45, 7) is 0. The van der Waals surface area contributed by atoms with Crippen LogP contribution in [-0.2, 0) is 11.5 Å². The highest BCUT2D eigenvalue weighted by Gasteiger charge is 2.39. The molecule has 20 heavy (non-hydrogen) atoms. The number of rotatable bonds is 3. The lowest BCUT2D eigenvalue weighted by Crippen LogP contribution is -2.12. The lowest BCUT2D eigenvalue weighted by atomic mass is 9.98. The van der Waals surface area contributed by atoms with Crippen molar-refractivity contribution in [2.45, 2.75) is 11.5 Å². The van der Waals surface area contributed by atoms with E-state index in [0.29, 0.717) is 10.8 Å².